The number of anilines is 1. The topological polar surface area (TPSA) is 43.6 Å². The molecular formula is C16H19NO3. The summed E-state index contributed by atoms with van der Waals surface area (Å²) in [7, 11) is 0. The summed E-state index contributed by atoms with van der Waals surface area (Å²) in [5.41, 5.74) is 2.19. The Labute approximate surface area is 118 Å². The average molecular weight is 273 g/mol. The van der Waals surface area contributed by atoms with E-state index in [-0.39, 0.29) is 6.04 Å². The van der Waals surface area contributed by atoms with E-state index in [2.05, 4.69) is 18.3 Å². The first kappa shape index (κ1) is 12.9. The molecule has 1 aliphatic rings. The minimum Gasteiger partial charge on any atom is -0.486 e. The maximum atomic E-state index is 5.60. The molecule has 4 nitrogen and oxygen atoms in total. The minimum atomic E-state index is 0.176. The standard InChI is InChI=1S/C16H19NO3/c1-10-8-14(12(3)20-10)11(2)17-13-4-5-15-16(9-13)19-7-6-18-15/h4-5,8-9,11,17H,6-7H2,1-3H3. The fraction of sp³-hybridized carbons (Fsp3) is 0.375. The van der Waals surface area contributed by atoms with E-state index >= 15 is 0 Å². The third-order valence-corrected chi connectivity index (χ3v) is 3.47. The number of benzene rings is 1. The van der Waals surface area contributed by atoms with E-state index in [1.165, 1.54) is 5.56 Å². The molecule has 0 saturated carbocycles. The number of fused-ring (bicyclic) bond motifs is 1. The number of hydrogen-bond acceptors (Lipinski definition) is 4. The Morgan fingerprint density at radius 1 is 1.05 bits per heavy atom. The van der Waals surface area contributed by atoms with Gasteiger partial charge >= 0.3 is 0 Å². The van der Waals surface area contributed by atoms with Gasteiger partial charge < -0.3 is 19.2 Å². The van der Waals surface area contributed by atoms with Crippen LogP contribution >= 0.6 is 0 Å². The smallest absolute Gasteiger partial charge is 0.163 e. The highest BCUT2D eigenvalue weighted by molar-refractivity contribution is 5.56. The molecule has 20 heavy (non-hydrogen) atoms. The van der Waals surface area contributed by atoms with Gasteiger partial charge in [0.25, 0.3) is 0 Å². The summed E-state index contributed by atoms with van der Waals surface area (Å²) in [6.07, 6.45) is 0. The average Bonchev–Trinajstić information content (AvgIpc) is 2.78. The molecule has 0 radical (unpaired) electrons. The SMILES string of the molecule is Cc1cc(C(C)Nc2ccc3c(c2)OCCO3)c(C)o1. The van der Waals surface area contributed by atoms with Crippen LogP contribution in [0.5, 0.6) is 11.5 Å². The molecule has 2 heterocycles. The lowest BCUT2D eigenvalue weighted by atomic mass is 10.1. The second kappa shape index (κ2) is 5.12. The quantitative estimate of drug-likeness (QED) is 0.922. The molecule has 106 valence electrons. The van der Waals surface area contributed by atoms with Crippen LogP contribution in [0.1, 0.15) is 30.0 Å². The molecular weight excluding hydrogens is 254 g/mol. The van der Waals surface area contributed by atoms with Crippen molar-refractivity contribution in [1.29, 1.82) is 0 Å². The second-order valence-corrected chi connectivity index (χ2v) is 5.09. The molecule has 3 rings (SSSR count). The number of hydrogen-bond donors (Lipinski definition) is 1. The van der Waals surface area contributed by atoms with Crippen LogP contribution in [0.15, 0.2) is 28.7 Å². The van der Waals surface area contributed by atoms with Gasteiger partial charge in [0.1, 0.15) is 24.7 Å². The molecule has 1 unspecified atom stereocenters. The van der Waals surface area contributed by atoms with Crippen molar-refractivity contribution in [1.82, 2.24) is 0 Å². The zero-order valence-corrected chi connectivity index (χ0v) is 12.0. The van der Waals surface area contributed by atoms with Crippen LogP contribution in [-0.4, -0.2) is 13.2 Å². The molecule has 2 aromatic rings. The number of aryl methyl sites for hydroxylation is 2. The van der Waals surface area contributed by atoms with Gasteiger partial charge in [0.05, 0.1) is 6.04 Å². The molecule has 0 fully saturated rings. The molecule has 0 saturated heterocycles. The van der Waals surface area contributed by atoms with E-state index in [1.54, 1.807) is 0 Å². The van der Waals surface area contributed by atoms with E-state index in [9.17, 15) is 0 Å². The molecule has 1 N–H and O–H groups in total. The first-order valence-electron chi connectivity index (χ1n) is 6.86. The molecule has 0 aliphatic carbocycles. The summed E-state index contributed by atoms with van der Waals surface area (Å²) in [6.45, 7) is 7.29. The summed E-state index contributed by atoms with van der Waals surface area (Å²) in [5.74, 6) is 3.51. The van der Waals surface area contributed by atoms with Crippen molar-refractivity contribution in [2.24, 2.45) is 0 Å². The normalized spacial score (nSPS) is 14.9. The van der Waals surface area contributed by atoms with Gasteiger partial charge in [-0.1, -0.05) is 0 Å². The van der Waals surface area contributed by atoms with Crippen molar-refractivity contribution in [3.8, 4) is 11.5 Å². The fourth-order valence-corrected chi connectivity index (χ4v) is 2.54. The van der Waals surface area contributed by atoms with Crippen molar-refractivity contribution >= 4 is 5.69 Å². The highest BCUT2D eigenvalue weighted by atomic mass is 16.6. The first-order chi connectivity index (χ1) is 9.63. The highest BCUT2D eigenvalue weighted by Gasteiger charge is 2.15. The van der Waals surface area contributed by atoms with Gasteiger partial charge in [-0.3, -0.25) is 0 Å². The van der Waals surface area contributed by atoms with Crippen LogP contribution in [0.25, 0.3) is 0 Å². The van der Waals surface area contributed by atoms with Gasteiger partial charge in [-0.15, -0.1) is 0 Å². The van der Waals surface area contributed by atoms with Crippen LogP contribution in [0.3, 0.4) is 0 Å². The van der Waals surface area contributed by atoms with E-state index < -0.39 is 0 Å². The number of ether oxygens (including phenoxy) is 2. The van der Waals surface area contributed by atoms with Crippen molar-refractivity contribution in [3.63, 3.8) is 0 Å². The second-order valence-electron chi connectivity index (χ2n) is 5.09. The fourth-order valence-electron chi connectivity index (χ4n) is 2.54. The Balaban J connectivity index is 1.79. The number of rotatable bonds is 3. The number of furan rings is 1. The first-order valence-corrected chi connectivity index (χ1v) is 6.86. The summed E-state index contributed by atoms with van der Waals surface area (Å²) in [6, 6.07) is 8.18. The largest absolute Gasteiger partial charge is 0.486 e. The van der Waals surface area contributed by atoms with Gasteiger partial charge in [0.15, 0.2) is 11.5 Å². The van der Waals surface area contributed by atoms with Gasteiger partial charge in [0.2, 0.25) is 0 Å². The zero-order valence-electron chi connectivity index (χ0n) is 12.0. The Morgan fingerprint density at radius 3 is 2.50 bits per heavy atom. The zero-order chi connectivity index (χ0) is 14.1. The Bertz CT molecular complexity index is 618. The lowest BCUT2D eigenvalue weighted by Crippen LogP contribution is -2.15. The van der Waals surface area contributed by atoms with Crippen molar-refractivity contribution in [3.05, 3.63) is 41.3 Å². The van der Waals surface area contributed by atoms with Gasteiger partial charge in [-0.2, -0.15) is 0 Å². The summed E-state index contributed by atoms with van der Waals surface area (Å²) in [5, 5.41) is 3.47. The Kier molecular flexibility index (Phi) is 3.30. The molecule has 0 amide bonds. The van der Waals surface area contributed by atoms with Crippen molar-refractivity contribution in [2.45, 2.75) is 26.8 Å². The van der Waals surface area contributed by atoms with E-state index in [1.807, 2.05) is 32.0 Å². The van der Waals surface area contributed by atoms with E-state index in [4.69, 9.17) is 13.9 Å². The molecule has 1 aliphatic heterocycles. The maximum absolute atomic E-state index is 5.60. The van der Waals surface area contributed by atoms with Crippen LogP contribution in [0, 0.1) is 13.8 Å². The van der Waals surface area contributed by atoms with Crippen molar-refractivity contribution in [2.75, 3.05) is 18.5 Å². The number of nitrogens with one attached hydrogen (secondary N) is 1. The van der Waals surface area contributed by atoms with Crippen LogP contribution in [0.2, 0.25) is 0 Å². The predicted octanol–water partition coefficient (Wildman–Crippen LogP) is 3.84. The highest BCUT2D eigenvalue weighted by Crippen LogP contribution is 2.34. The lowest BCUT2D eigenvalue weighted by molar-refractivity contribution is 0.171. The van der Waals surface area contributed by atoms with Crippen molar-refractivity contribution < 1.29 is 13.9 Å². The third kappa shape index (κ3) is 2.46. The molecule has 0 bridgehead atoms. The molecule has 1 aromatic heterocycles. The van der Waals surface area contributed by atoms with Gasteiger partial charge in [0, 0.05) is 17.3 Å². The summed E-state index contributed by atoms with van der Waals surface area (Å²) >= 11 is 0. The van der Waals surface area contributed by atoms with E-state index in [0.29, 0.717) is 13.2 Å². The van der Waals surface area contributed by atoms with Gasteiger partial charge in [-0.05, 0) is 39.0 Å². The third-order valence-electron chi connectivity index (χ3n) is 3.47. The molecule has 4 heteroatoms. The summed E-state index contributed by atoms with van der Waals surface area (Å²) < 4.78 is 16.7. The lowest BCUT2D eigenvalue weighted by Gasteiger charge is -2.20. The van der Waals surface area contributed by atoms with E-state index in [0.717, 1.165) is 28.7 Å². The van der Waals surface area contributed by atoms with Crippen LogP contribution in [-0.2, 0) is 0 Å². The van der Waals surface area contributed by atoms with Crippen LogP contribution < -0.4 is 14.8 Å². The predicted molar refractivity (Wildman–Crippen MR) is 77.7 cm³/mol. The monoisotopic (exact) mass is 273 g/mol. The molecule has 0 spiro atoms. The van der Waals surface area contributed by atoms with Gasteiger partial charge in [-0.25, -0.2) is 0 Å². The Hall–Kier alpha value is -2.10. The summed E-state index contributed by atoms with van der Waals surface area (Å²) in [4.78, 5) is 0. The Morgan fingerprint density at radius 2 is 1.80 bits per heavy atom. The maximum Gasteiger partial charge on any atom is 0.163 e. The molecule has 1 atom stereocenters. The molecule has 1 aromatic carbocycles. The minimum absolute atomic E-state index is 0.176. The van der Waals surface area contributed by atoms with Crippen LogP contribution in [0.4, 0.5) is 5.69 Å².